The van der Waals surface area contributed by atoms with Gasteiger partial charge in [-0.3, -0.25) is 4.79 Å². The van der Waals surface area contributed by atoms with Crippen LogP contribution in [0.5, 0.6) is 5.75 Å². The Morgan fingerprint density at radius 2 is 1.57 bits per heavy atom. The number of amides is 1. The quantitative estimate of drug-likeness (QED) is 0.530. The molecule has 0 saturated carbocycles. The lowest BCUT2D eigenvalue weighted by Gasteiger charge is -2.31. The average molecular weight is 552 g/mol. The Labute approximate surface area is 218 Å². The molecular weight excluding hydrogens is 518 g/mol. The minimum Gasteiger partial charge on any atom is -0.495 e. The summed E-state index contributed by atoms with van der Waals surface area (Å²) in [6.07, 6.45) is 0.825. The third-order valence-corrected chi connectivity index (χ3v) is 10.6. The molecule has 0 radical (unpaired) electrons. The first kappa shape index (κ1) is 27.5. The Hall–Kier alpha value is -2.51. The molecule has 10 nitrogen and oxygen atoms in total. The van der Waals surface area contributed by atoms with Crippen LogP contribution in [0.25, 0.3) is 0 Å². The number of ether oxygens (including phenoxy) is 2. The van der Waals surface area contributed by atoms with Gasteiger partial charge in [-0.05, 0) is 55.2 Å². The summed E-state index contributed by atoms with van der Waals surface area (Å²) in [5.41, 5.74) is 1.60. The number of hydrogen-bond acceptors (Lipinski definition) is 7. The van der Waals surface area contributed by atoms with E-state index in [1.54, 1.807) is 42.5 Å². The van der Waals surface area contributed by atoms with Crippen LogP contribution in [-0.4, -0.2) is 77.9 Å². The van der Waals surface area contributed by atoms with Crippen LogP contribution in [0.2, 0.25) is 0 Å². The van der Waals surface area contributed by atoms with Crippen molar-refractivity contribution < 1.29 is 31.1 Å². The van der Waals surface area contributed by atoms with Gasteiger partial charge in [0.1, 0.15) is 10.6 Å². The number of aryl methyl sites for hydroxylation is 1. The average Bonchev–Trinajstić information content (AvgIpc) is 2.92. The van der Waals surface area contributed by atoms with Crippen LogP contribution in [0.4, 0.5) is 0 Å². The van der Waals surface area contributed by atoms with E-state index < -0.39 is 20.0 Å². The highest BCUT2D eigenvalue weighted by Gasteiger charge is 2.34. The Bertz CT molecular complexity index is 1310. The lowest BCUT2D eigenvalue weighted by Crippen LogP contribution is -2.43. The van der Waals surface area contributed by atoms with E-state index in [9.17, 15) is 21.6 Å². The number of sulfonamides is 2. The number of benzene rings is 2. The van der Waals surface area contributed by atoms with E-state index in [-0.39, 0.29) is 41.3 Å². The summed E-state index contributed by atoms with van der Waals surface area (Å²) in [5.74, 6) is -0.142. The molecule has 2 aliphatic heterocycles. The molecule has 1 amide bonds. The number of hydrogen-bond donors (Lipinski definition) is 1. The Kier molecular flexibility index (Phi) is 8.54. The molecule has 37 heavy (non-hydrogen) atoms. The number of nitrogens with one attached hydrogen (secondary N) is 1. The Morgan fingerprint density at radius 3 is 2.19 bits per heavy atom. The summed E-state index contributed by atoms with van der Waals surface area (Å²) in [6.45, 7) is 4.00. The van der Waals surface area contributed by atoms with Gasteiger partial charge in [0.05, 0.1) is 25.2 Å². The van der Waals surface area contributed by atoms with Crippen LogP contribution >= 0.6 is 0 Å². The number of rotatable bonds is 8. The van der Waals surface area contributed by atoms with Crippen LogP contribution in [-0.2, 0) is 36.1 Å². The summed E-state index contributed by atoms with van der Waals surface area (Å²) in [6, 6.07) is 11.5. The number of carbonyl (C=O) groups is 1. The molecule has 12 heteroatoms. The summed E-state index contributed by atoms with van der Waals surface area (Å²) in [4.78, 5) is 13.1. The van der Waals surface area contributed by atoms with E-state index in [4.69, 9.17) is 9.47 Å². The molecule has 2 aromatic carbocycles. The third kappa shape index (κ3) is 6.15. The zero-order chi connectivity index (χ0) is 26.6. The highest BCUT2D eigenvalue weighted by molar-refractivity contribution is 7.89. The van der Waals surface area contributed by atoms with Crippen molar-refractivity contribution in [3.63, 3.8) is 0 Å². The van der Waals surface area contributed by atoms with Gasteiger partial charge >= 0.3 is 0 Å². The minimum atomic E-state index is -3.74. The molecule has 0 unspecified atom stereocenters. The first-order chi connectivity index (χ1) is 17.6. The third-order valence-electron chi connectivity index (χ3n) is 6.76. The topological polar surface area (TPSA) is 122 Å². The maximum Gasteiger partial charge on any atom is 0.246 e. The molecule has 0 aliphatic carbocycles. The second-order valence-electron chi connectivity index (χ2n) is 9.21. The first-order valence-electron chi connectivity index (χ1n) is 12.2. The van der Waals surface area contributed by atoms with Crippen LogP contribution in [0.1, 0.15) is 24.0 Å². The van der Waals surface area contributed by atoms with Crippen molar-refractivity contribution in [1.29, 1.82) is 0 Å². The van der Waals surface area contributed by atoms with Crippen LogP contribution < -0.4 is 10.1 Å². The van der Waals surface area contributed by atoms with Gasteiger partial charge in [-0.25, -0.2) is 16.8 Å². The van der Waals surface area contributed by atoms with E-state index in [1.165, 1.54) is 15.7 Å². The second kappa shape index (κ2) is 11.5. The van der Waals surface area contributed by atoms with Gasteiger partial charge in [0.15, 0.2) is 0 Å². The normalized spacial score (nSPS) is 18.4. The number of methoxy groups -OCH3 is 1. The van der Waals surface area contributed by atoms with E-state index in [0.29, 0.717) is 44.9 Å². The molecule has 2 saturated heterocycles. The van der Waals surface area contributed by atoms with Gasteiger partial charge < -0.3 is 14.8 Å². The molecule has 2 heterocycles. The SMILES string of the molecule is COc1ccc(C)cc1S(=O)(=O)N1CCC(C(=O)NCc2ccc(S(=O)(=O)N3CCOCC3)cc2)CC1. The second-order valence-corrected chi connectivity index (χ2v) is 13.1. The first-order valence-corrected chi connectivity index (χ1v) is 15.1. The van der Waals surface area contributed by atoms with E-state index >= 15 is 0 Å². The van der Waals surface area contributed by atoms with E-state index in [2.05, 4.69) is 5.32 Å². The summed E-state index contributed by atoms with van der Waals surface area (Å²) >= 11 is 0. The van der Waals surface area contributed by atoms with E-state index in [1.807, 2.05) is 6.92 Å². The standard InChI is InChI=1S/C25H33N3O7S2/c1-19-3-8-23(34-2)24(17-19)37(32,33)27-11-9-21(10-12-27)25(29)26-18-20-4-6-22(7-5-20)36(30,31)28-13-15-35-16-14-28/h3-8,17,21H,9-16,18H2,1-2H3,(H,26,29). The molecular formula is C25H33N3O7S2. The Morgan fingerprint density at radius 1 is 0.946 bits per heavy atom. The van der Waals surface area contributed by atoms with Crippen LogP contribution in [0.15, 0.2) is 52.3 Å². The zero-order valence-electron chi connectivity index (χ0n) is 21.1. The maximum absolute atomic E-state index is 13.2. The predicted octanol–water partition coefficient (Wildman–Crippen LogP) is 1.74. The van der Waals surface area contributed by atoms with Gasteiger partial charge in [-0.1, -0.05) is 18.2 Å². The van der Waals surface area contributed by atoms with Gasteiger partial charge in [0.2, 0.25) is 26.0 Å². The molecule has 202 valence electrons. The van der Waals surface area contributed by atoms with Gasteiger partial charge in [-0.15, -0.1) is 0 Å². The number of nitrogens with zero attached hydrogens (tertiary/aromatic N) is 2. The highest BCUT2D eigenvalue weighted by Crippen LogP contribution is 2.30. The largest absolute Gasteiger partial charge is 0.495 e. The smallest absolute Gasteiger partial charge is 0.246 e. The van der Waals surface area contributed by atoms with Crippen molar-refractivity contribution in [3.8, 4) is 5.75 Å². The maximum atomic E-state index is 13.2. The molecule has 0 bridgehead atoms. The summed E-state index contributed by atoms with van der Waals surface area (Å²) in [5, 5.41) is 2.90. The fourth-order valence-corrected chi connectivity index (χ4v) is 7.65. The van der Waals surface area contributed by atoms with Gasteiger partial charge in [-0.2, -0.15) is 8.61 Å². The van der Waals surface area contributed by atoms with Crippen LogP contribution in [0, 0.1) is 12.8 Å². The summed E-state index contributed by atoms with van der Waals surface area (Å²) in [7, 11) is -5.86. The van der Waals surface area contributed by atoms with Crippen LogP contribution in [0.3, 0.4) is 0 Å². The number of piperidine rings is 1. The molecule has 2 fully saturated rings. The van der Waals surface area contributed by atoms with Crippen molar-refractivity contribution in [2.45, 2.75) is 36.1 Å². The molecule has 2 aromatic rings. The van der Waals surface area contributed by atoms with Crippen molar-refractivity contribution in [2.24, 2.45) is 5.92 Å². The fourth-order valence-electron chi connectivity index (χ4n) is 4.53. The summed E-state index contributed by atoms with van der Waals surface area (Å²) < 4.78 is 65.2. The molecule has 0 atom stereocenters. The Balaban J connectivity index is 1.31. The molecule has 0 aromatic heterocycles. The van der Waals surface area contributed by atoms with E-state index in [0.717, 1.165) is 11.1 Å². The molecule has 2 aliphatic rings. The molecule has 1 N–H and O–H groups in total. The molecule has 4 rings (SSSR count). The zero-order valence-corrected chi connectivity index (χ0v) is 22.7. The minimum absolute atomic E-state index is 0.136. The van der Waals surface area contributed by atoms with Crippen molar-refractivity contribution in [3.05, 3.63) is 53.6 Å². The number of carbonyl (C=O) groups excluding carboxylic acids is 1. The predicted molar refractivity (Wildman–Crippen MR) is 137 cm³/mol. The van der Waals surface area contributed by atoms with Crippen molar-refractivity contribution in [2.75, 3.05) is 46.5 Å². The van der Waals surface area contributed by atoms with Crippen molar-refractivity contribution in [1.82, 2.24) is 13.9 Å². The van der Waals surface area contributed by atoms with Crippen molar-refractivity contribution >= 4 is 26.0 Å². The van der Waals surface area contributed by atoms with Gasteiger partial charge in [0, 0.05) is 38.6 Å². The lowest BCUT2D eigenvalue weighted by atomic mass is 9.97. The monoisotopic (exact) mass is 551 g/mol. The molecule has 0 spiro atoms. The number of morpholine rings is 1. The van der Waals surface area contributed by atoms with Gasteiger partial charge in [0.25, 0.3) is 0 Å². The highest BCUT2D eigenvalue weighted by atomic mass is 32.2. The fraction of sp³-hybridized carbons (Fsp3) is 0.480. The lowest BCUT2D eigenvalue weighted by molar-refractivity contribution is -0.126.